The number of nitrogen functional groups attached to an aromatic ring is 1. The minimum atomic E-state index is -0.643. The molecule has 0 amide bonds. The van der Waals surface area contributed by atoms with Crippen molar-refractivity contribution in [1.82, 2.24) is 4.98 Å². The van der Waals surface area contributed by atoms with Crippen LogP contribution in [0.5, 0.6) is 5.88 Å². The molecule has 0 unspecified atom stereocenters. The molecule has 1 aromatic rings. The molecule has 14 heavy (non-hydrogen) atoms. The van der Waals surface area contributed by atoms with Gasteiger partial charge < -0.3 is 10.5 Å². The van der Waals surface area contributed by atoms with Crippen LogP contribution in [0.3, 0.4) is 0 Å². The molecule has 0 aliphatic heterocycles. The highest BCUT2D eigenvalue weighted by atomic mass is 16.5. The molecule has 0 saturated carbocycles. The first-order valence-corrected chi connectivity index (χ1v) is 4.34. The molecular formula is C11H14N2O. The largest absolute Gasteiger partial charge is 0.458 e. The summed E-state index contributed by atoms with van der Waals surface area (Å²) in [5.74, 6) is 3.03. The van der Waals surface area contributed by atoms with Crippen LogP contribution < -0.4 is 10.5 Å². The maximum absolute atomic E-state index is 5.63. The van der Waals surface area contributed by atoms with Gasteiger partial charge in [-0.15, -0.1) is 6.42 Å². The second-order valence-corrected chi connectivity index (χ2v) is 3.58. The van der Waals surface area contributed by atoms with E-state index >= 15 is 0 Å². The Bertz CT molecular complexity index is 377. The Labute approximate surface area is 84.3 Å². The summed E-state index contributed by atoms with van der Waals surface area (Å²) >= 11 is 0. The Balaban J connectivity index is 2.90. The number of anilines is 1. The average Bonchev–Trinajstić information content (AvgIpc) is 2.11. The minimum Gasteiger partial charge on any atom is -0.458 e. The van der Waals surface area contributed by atoms with Gasteiger partial charge in [0, 0.05) is 6.07 Å². The lowest BCUT2D eigenvalue weighted by Gasteiger charge is -2.19. The smallest absolute Gasteiger partial charge is 0.215 e. The highest BCUT2D eigenvalue weighted by Gasteiger charge is 2.16. The van der Waals surface area contributed by atoms with E-state index in [-0.39, 0.29) is 0 Å². The van der Waals surface area contributed by atoms with E-state index in [1.807, 2.05) is 6.92 Å². The molecule has 2 N–H and O–H groups in total. The van der Waals surface area contributed by atoms with Gasteiger partial charge in [-0.3, -0.25) is 0 Å². The summed E-state index contributed by atoms with van der Waals surface area (Å²) in [7, 11) is 0. The summed E-state index contributed by atoms with van der Waals surface area (Å²) in [6.07, 6.45) is 5.29. The van der Waals surface area contributed by atoms with Crippen molar-refractivity contribution in [3.05, 3.63) is 17.8 Å². The minimum absolute atomic E-state index is 0.500. The van der Waals surface area contributed by atoms with E-state index in [9.17, 15) is 0 Å². The third kappa shape index (κ3) is 2.40. The molecule has 1 aromatic heterocycles. The van der Waals surface area contributed by atoms with Crippen LogP contribution in [-0.2, 0) is 0 Å². The van der Waals surface area contributed by atoms with Gasteiger partial charge in [-0.1, -0.05) is 5.92 Å². The van der Waals surface area contributed by atoms with Gasteiger partial charge in [0.2, 0.25) is 5.88 Å². The number of hydrogen-bond donors (Lipinski definition) is 1. The first kappa shape index (κ1) is 10.4. The van der Waals surface area contributed by atoms with Crippen LogP contribution in [0.15, 0.2) is 12.1 Å². The second kappa shape index (κ2) is 3.59. The Morgan fingerprint density at radius 1 is 1.50 bits per heavy atom. The van der Waals surface area contributed by atoms with Gasteiger partial charge in [-0.25, -0.2) is 4.98 Å². The van der Waals surface area contributed by atoms with Crippen molar-refractivity contribution < 1.29 is 4.74 Å². The summed E-state index contributed by atoms with van der Waals surface area (Å²) in [6.45, 7) is 5.44. The fraction of sp³-hybridized carbons (Fsp3) is 0.364. The lowest BCUT2D eigenvalue weighted by Crippen LogP contribution is -2.26. The van der Waals surface area contributed by atoms with Crippen LogP contribution in [0.1, 0.15) is 19.5 Å². The second-order valence-electron chi connectivity index (χ2n) is 3.58. The number of nitrogens with zero attached hydrogens (tertiary/aromatic N) is 1. The van der Waals surface area contributed by atoms with Crippen molar-refractivity contribution in [2.45, 2.75) is 26.4 Å². The van der Waals surface area contributed by atoms with Crippen molar-refractivity contribution in [3.63, 3.8) is 0 Å². The molecule has 0 radical (unpaired) electrons. The van der Waals surface area contributed by atoms with Crippen LogP contribution in [-0.4, -0.2) is 10.6 Å². The van der Waals surface area contributed by atoms with Gasteiger partial charge in [0.25, 0.3) is 0 Å². The Hall–Kier alpha value is -1.69. The monoisotopic (exact) mass is 190 g/mol. The fourth-order valence-electron chi connectivity index (χ4n) is 0.897. The lowest BCUT2D eigenvalue weighted by molar-refractivity contribution is 0.164. The molecule has 0 fully saturated rings. The van der Waals surface area contributed by atoms with E-state index in [1.165, 1.54) is 0 Å². The van der Waals surface area contributed by atoms with Gasteiger partial charge in [-0.2, -0.15) is 0 Å². The lowest BCUT2D eigenvalue weighted by atomic mass is 10.1. The number of pyridine rings is 1. The number of terminal acetylenes is 1. The summed E-state index contributed by atoms with van der Waals surface area (Å²) in [5, 5.41) is 0. The Morgan fingerprint density at radius 3 is 2.64 bits per heavy atom. The van der Waals surface area contributed by atoms with E-state index < -0.39 is 5.60 Å². The van der Waals surface area contributed by atoms with Gasteiger partial charge in [0.1, 0.15) is 0 Å². The molecule has 1 rings (SSSR count). The van der Waals surface area contributed by atoms with Crippen LogP contribution in [0.2, 0.25) is 0 Å². The first-order valence-electron chi connectivity index (χ1n) is 4.34. The summed E-state index contributed by atoms with van der Waals surface area (Å²) in [6, 6.07) is 3.46. The molecule has 0 aliphatic carbocycles. The average molecular weight is 190 g/mol. The topological polar surface area (TPSA) is 48.1 Å². The Kier molecular flexibility index (Phi) is 2.66. The molecule has 1 heterocycles. The molecule has 0 aliphatic rings. The molecule has 0 atom stereocenters. The number of aryl methyl sites for hydroxylation is 1. The predicted molar refractivity (Wildman–Crippen MR) is 56.9 cm³/mol. The third-order valence-electron chi connectivity index (χ3n) is 1.81. The van der Waals surface area contributed by atoms with E-state index in [0.29, 0.717) is 11.6 Å². The molecule has 3 nitrogen and oxygen atoms in total. The zero-order valence-electron chi connectivity index (χ0n) is 8.66. The molecular weight excluding hydrogens is 176 g/mol. The highest BCUT2D eigenvalue weighted by molar-refractivity contribution is 5.43. The van der Waals surface area contributed by atoms with Gasteiger partial charge >= 0.3 is 0 Å². The molecule has 0 saturated heterocycles. The molecule has 0 spiro atoms. The molecule has 3 heteroatoms. The highest BCUT2D eigenvalue weighted by Crippen LogP contribution is 2.18. The van der Waals surface area contributed by atoms with E-state index in [1.54, 1.807) is 26.0 Å². The van der Waals surface area contributed by atoms with Crippen molar-refractivity contribution in [3.8, 4) is 18.2 Å². The van der Waals surface area contributed by atoms with Crippen LogP contribution in [0, 0.1) is 19.3 Å². The normalized spacial score (nSPS) is 10.7. The number of aromatic nitrogens is 1. The van der Waals surface area contributed by atoms with Gasteiger partial charge in [0.05, 0.1) is 11.4 Å². The first-order chi connectivity index (χ1) is 6.44. The SMILES string of the molecule is C#CC(C)(C)Oc1ccc(N)c(C)n1. The number of rotatable bonds is 2. The van der Waals surface area contributed by atoms with E-state index in [2.05, 4.69) is 10.9 Å². The van der Waals surface area contributed by atoms with Crippen LogP contribution >= 0.6 is 0 Å². The van der Waals surface area contributed by atoms with Crippen molar-refractivity contribution in [2.24, 2.45) is 0 Å². The zero-order chi connectivity index (χ0) is 10.8. The molecule has 0 aromatic carbocycles. The maximum Gasteiger partial charge on any atom is 0.215 e. The Morgan fingerprint density at radius 2 is 2.14 bits per heavy atom. The third-order valence-corrected chi connectivity index (χ3v) is 1.81. The van der Waals surface area contributed by atoms with Crippen molar-refractivity contribution in [2.75, 3.05) is 5.73 Å². The van der Waals surface area contributed by atoms with Crippen molar-refractivity contribution in [1.29, 1.82) is 0 Å². The fourth-order valence-corrected chi connectivity index (χ4v) is 0.897. The predicted octanol–water partition coefficient (Wildman–Crippen LogP) is 1.76. The number of nitrogens with two attached hydrogens (primary N) is 1. The van der Waals surface area contributed by atoms with E-state index in [4.69, 9.17) is 16.9 Å². The van der Waals surface area contributed by atoms with E-state index in [0.717, 1.165) is 5.69 Å². The maximum atomic E-state index is 5.63. The quantitative estimate of drug-likeness (QED) is 0.723. The summed E-state index contributed by atoms with van der Waals surface area (Å²) < 4.78 is 5.48. The van der Waals surface area contributed by atoms with Gasteiger partial charge in [0.15, 0.2) is 5.60 Å². The number of hydrogen-bond acceptors (Lipinski definition) is 3. The zero-order valence-corrected chi connectivity index (χ0v) is 8.66. The molecule has 74 valence electrons. The summed E-state index contributed by atoms with van der Waals surface area (Å²) in [5.41, 5.74) is 6.38. The van der Waals surface area contributed by atoms with Crippen LogP contribution in [0.25, 0.3) is 0 Å². The molecule has 0 bridgehead atoms. The van der Waals surface area contributed by atoms with Crippen molar-refractivity contribution >= 4 is 5.69 Å². The van der Waals surface area contributed by atoms with Gasteiger partial charge in [-0.05, 0) is 26.8 Å². The summed E-state index contributed by atoms with van der Waals surface area (Å²) in [4.78, 5) is 4.16. The van der Waals surface area contributed by atoms with Crippen LogP contribution in [0.4, 0.5) is 5.69 Å². The number of ether oxygens (including phenoxy) is 1. The standard InChI is InChI=1S/C11H14N2O/c1-5-11(3,4)14-10-7-6-9(12)8(2)13-10/h1,6-7H,12H2,2-4H3.